The number of amides is 2. The average molecular weight is 399 g/mol. The lowest BCUT2D eigenvalue weighted by Crippen LogP contribution is -2.43. The van der Waals surface area contributed by atoms with Crippen molar-refractivity contribution in [1.29, 1.82) is 0 Å². The summed E-state index contributed by atoms with van der Waals surface area (Å²) in [4.78, 5) is 24.2. The molecule has 0 saturated heterocycles. The van der Waals surface area contributed by atoms with Crippen LogP contribution in [-0.2, 0) is 4.79 Å². The molecule has 0 aromatic heterocycles. The number of nitrogens with one attached hydrogen (secondary N) is 2. The fourth-order valence-electron chi connectivity index (χ4n) is 2.58. The Bertz CT molecular complexity index is 801. The van der Waals surface area contributed by atoms with Gasteiger partial charge in [-0.05, 0) is 54.2 Å². The van der Waals surface area contributed by atoms with Crippen molar-refractivity contribution in [2.24, 2.45) is 5.92 Å². The third kappa shape index (κ3) is 7.49. The lowest BCUT2D eigenvalue weighted by Gasteiger charge is -2.14. The van der Waals surface area contributed by atoms with Crippen molar-refractivity contribution in [2.45, 2.75) is 40.0 Å². The largest absolute Gasteiger partial charge is 0.494 e. The maximum Gasteiger partial charge on any atom is 0.276 e. The van der Waals surface area contributed by atoms with Gasteiger partial charge in [0.2, 0.25) is 0 Å². The summed E-state index contributed by atoms with van der Waals surface area (Å²) in [7, 11) is 0. The second kappa shape index (κ2) is 11.1. The molecule has 0 aliphatic carbocycles. The van der Waals surface area contributed by atoms with Gasteiger partial charge >= 0.3 is 0 Å². The van der Waals surface area contributed by atoms with E-state index >= 15 is 0 Å². The summed E-state index contributed by atoms with van der Waals surface area (Å²) in [5.74, 6) is 1.39. The van der Waals surface area contributed by atoms with Crippen molar-refractivity contribution in [1.82, 2.24) is 10.9 Å². The third-order valence-corrected chi connectivity index (χ3v) is 4.30. The highest BCUT2D eigenvalue weighted by Gasteiger charge is 2.11. The van der Waals surface area contributed by atoms with E-state index in [1.165, 1.54) is 0 Å². The molecule has 0 unspecified atom stereocenters. The highest BCUT2D eigenvalue weighted by atomic mass is 16.5. The predicted octanol–water partition coefficient (Wildman–Crippen LogP) is 4.07. The van der Waals surface area contributed by atoms with E-state index in [0.29, 0.717) is 29.6 Å². The zero-order valence-corrected chi connectivity index (χ0v) is 17.5. The first-order valence-electron chi connectivity index (χ1n) is 9.90. The molecule has 0 bridgehead atoms. The quantitative estimate of drug-likeness (QED) is 0.624. The number of hydrogen-bond acceptors (Lipinski definition) is 4. The van der Waals surface area contributed by atoms with Crippen LogP contribution < -0.4 is 20.3 Å². The van der Waals surface area contributed by atoms with Gasteiger partial charge in [0.1, 0.15) is 11.5 Å². The van der Waals surface area contributed by atoms with E-state index in [4.69, 9.17) is 9.47 Å². The van der Waals surface area contributed by atoms with Gasteiger partial charge in [0.05, 0.1) is 6.61 Å². The second-order valence-corrected chi connectivity index (χ2v) is 7.54. The summed E-state index contributed by atoms with van der Waals surface area (Å²) in [6.45, 7) is 8.84. The zero-order valence-electron chi connectivity index (χ0n) is 17.5. The Kier molecular flexibility index (Phi) is 8.52. The highest BCUT2D eigenvalue weighted by molar-refractivity contribution is 5.95. The first kappa shape index (κ1) is 22.3. The average Bonchev–Trinajstić information content (AvgIpc) is 2.70. The molecule has 0 spiro atoms. The number of rotatable bonds is 9. The molecule has 2 rings (SSSR count). The summed E-state index contributed by atoms with van der Waals surface area (Å²) in [6, 6.07) is 14.4. The summed E-state index contributed by atoms with van der Waals surface area (Å²) in [5.41, 5.74) is 6.21. The maximum absolute atomic E-state index is 12.2. The minimum Gasteiger partial charge on any atom is -0.494 e. The van der Waals surface area contributed by atoms with E-state index in [-0.39, 0.29) is 12.5 Å². The molecule has 0 radical (unpaired) electrons. The summed E-state index contributed by atoms with van der Waals surface area (Å²) in [6.07, 6.45) is 0.970. The van der Waals surface area contributed by atoms with Gasteiger partial charge in [-0.1, -0.05) is 45.9 Å². The first-order chi connectivity index (χ1) is 13.9. The Balaban J connectivity index is 1.78. The summed E-state index contributed by atoms with van der Waals surface area (Å²) < 4.78 is 11.2. The lowest BCUT2D eigenvalue weighted by atomic mass is 10.0. The van der Waals surface area contributed by atoms with Crippen LogP contribution >= 0.6 is 0 Å². The van der Waals surface area contributed by atoms with Gasteiger partial charge in [-0.15, -0.1) is 0 Å². The molecule has 2 N–H and O–H groups in total. The van der Waals surface area contributed by atoms with Crippen LogP contribution in [0.5, 0.6) is 11.5 Å². The van der Waals surface area contributed by atoms with Gasteiger partial charge in [0.25, 0.3) is 11.8 Å². The van der Waals surface area contributed by atoms with E-state index in [2.05, 4.69) is 38.5 Å². The van der Waals surface area contributed by atoms with E-state index in [9.17, 15) is 9.59 Å². The standard InChI is InChI=1S/C23H30N2O4/c1-16(2)13-14-28-19-11-9-18(10-12-19)23(27)25-24-22(26)15-29-21-8-6-5-7-20(21)17(3)4/h5-12,16-17H,13-15H2,1-4H3,(H,24,26)(H,25,27). The fraction of sp³-hybridized carbons (Fsp3) is 0.391. The van der Waals surface area contributed by atoms with Crippen LogP contribution in [0, 0.1) is 5.92 Å². The van der Waals surface area contributed by atoms with Crippen LogP contribution in [0.3, 0.4) is 0 Å². The van der Waals surface area contributed by atoms with Crippen molar-refractivity contribution in [2.75, 3.05) is 13.2 Å². The third-order valence-electron chi connectivity index (χ3n) is 4.30. The van der Waals surface area contributed by atoms with Gasteiger partial charge in [-0.25, -0.2) is 0 Å². The molecule has 2 aromatic rings. The molecule has 0 aliphatic heterocycles. The van der Waals surface area contributed by atoms with E-state index in [1.807, 2.05) is 24.3 Å². The Labute approximate surface area is 172 Å². The van der Waals surface area contributed by atoms with E-state index in [1.54, 1.807) is 24.3 Å². The van der Waals surface area contributed by atoms with Crippen molar-refractivity contribution in [3.63, 3.8) is 0 Å². The Morgan fingerprint density at radius 1 is 0.897 bits per heavy atom. The number of para-hydroxylation sites is 1. The molecule has 156 valence electrons. The molecule has 0 fully saturated rings. The van der Waals surface area contributed by atoms with Crippen LogP contribution in [0.4, 0.5) is 0 Å². The molecule has 2 aromatic carbocycles. The van der Waals surface area contributed by atoms with Crippen LogP contribution in [0.2, 0.25) is 0 Å². The minimum atomic E-state index is -0.439. The van der Waals surface area contributed by atoms with Gasteiger partial charge < -0.3 is 9.47 Å². The van der Waals surface area contributed by atoms with Gasteiger partial charge in [-0.3, -0.25) is 20.4 Å². The number of hydrogen-bond donors (Lipinski definition) is 2. The fourth-order valence-corrected chi connectivity index (χ4v) is 2.58. The number of carbonyl (C=O) groups is 2. The predicted molar refractivity (Wildman–Crippen MR) is 113 cm³/mol. The Morgan fingerprint density at radius 3 is 2.24 bits per heavy atom. The molecular weight excluding hydrogens is 368 g/mol. The lowest BCUT2D eigenvalue weighted by molar-refractivity contribution is -0.123. The Morgan fingerprint density at radius 2 is 1.59 bits per heavy atom. The molecule has 0 atom stereocenters. The van der Waals surface area contributed by atoms with E-state index < -0.39 is 11.8 Å². The molecule has 6 nitrogen and oxygen atoms in total. The molecule has 0 aliphatic rings. The van der Waals surface area contributed by atoms with Crippen molar-refractivity contribution >= 4 is 11.8 Å². The number of ether oxygens (including phenoxy) is 2. The van der Waals surface area contributed by atoms with Crippen LogP contribution in [0.15, 0.2) is 48.5 Å². The Hall–Kier alpha value is -3.02. The minimum absolute atomic E-state index is 0.188. The topological polar surface area (TPSA) is 76.7 Å². The smallest absolute Gasteiger partial charge is 0.276 e. The number of benzene rings is 2. The zero-order chi connectivity index (χ0) is 21.2. The summed E-state index contributed by atoms with van der Waals surface area (Å²) >= 11 is 0. The highest BCUT2D eigenvalue weighted by Crippen LogP contribution is 2.25. The van der Waals surface area contributed by atoms with Crippen molar-refractivity contribution < 1.29 is 19.1 Å². The molecule has 29 heavy (non-hydrogen) atoms. The summed E-state index contributed by atoms with van der Waals surface area (Å²) in [5, 5.41) is 0. The van der Waals surface area contributed by atoms with Crippen LogP contribution in [-0.4, -0.2) is 25.0 Å². The number of hydrazine groups is 1. The normalized spacial score (nSPS) is 10.7. The SMILES string of the molecule is CC(C)CCOc1ccc(C(=O)NNC(=O)COc2ccccc2C(C)C)cc1. The van der Waals surface area contributed by atoms with Gasteiger partial charge in [0.15, 0.2) is 6.61 Å². The monoisotopic (exact) mass is 398 g/mol. The maximum atomic E-state index is 12.2. The molecule has 0 heterocycles. The van der Waals surface area contributed by atoms with E-state index in [0.717, 1.165) is 12.0 Å². The molecule has 6 heteroatoms. The van der Waals surface area contributed by atoms with Crippen LogP contribution in [0.1, 0.15) is 56.0 Å². The number of carbonyl (C=O) groups excluding carboxylic acids is 2. The second-order valence-electron chi connectivity index (χ2n) is 7.54. The first-order valence-corrected chi connectivity index (χ1v) is 9.90. The molecular formula is C23H30N2O4. The molecule has 2 amide bonds. The van der Waals surface area contributed by atoms with Crippen LogP contribution in [0.25, 0.3) is 0 Å². The van der Waals surface area contributed by atoms with Crippen molar-refractivity contribution in [3.8, 4) is 11.5 Å². The van der Waals surface area contributed by atoms with Gasteiger partial charge in [-0.2, -0.15) is 0 Å². The van der Waals surface area contributed by atoms with Crippen molar-refractivity contribution in [3.05, 3.63) is 59.7 Å². The molecule has 0 saturated carbocycles. The van der Waals surface area contributed by atoms with Gasteiger partial charge in [0, 0.05) is 5.56 Å².